The van der Waals surface area contributed by atoms with Crippen molar-refractivity contribution in [2.24, 2.45) is 5.92 Å². The maximum Gasteiger partial charge on any atom is 0.227 e. The van der Waals surface area contributed by atoms with Crippen molar-refractivity contribution < 1.29 is 4.79 Å². The van der Waals surface area contributed by atoms with Crippen LogP contribution >= 0.6 is 0 Å². The van der Waals surface area contributed by atoms with E-state index in [4.69, 9.17) is 0 Å². The quantitative estimate of drug-likeness (QED) is 0.725. The minimum atomic E-state index is 0.107. The first-order valence-corrected chi connectivity index (χ1v) is 6.71. The number of nitrogens with zero attached hydrogens (tertiary/aromatic N) is 2. The van der Waals surface area contributed by atoms with Crippen LogP contribution in [0.25, 0.3) is 0 Å². The van der Waals surface area contributed by atoms with Gasteiger partial charge in [0, 0.05) is 31.7 Å². The Morgan fingerprint density at radius 3 is 2.71 bits per heavy atom. The van der Waals surface area contributed by atoms with Crippen LogP contribution in [0.2, 0.25) is 0 Å². The minimum absolute atomic E-state index is 0.107. The Labute approximate surface area is 104 Å². The summed E-state index contributed by atoms with van der Waals surface area (Å²) in [6.45, 7) is 9.09. The molecule has 2 aliphatic heterocycles. The van der Waals surface area contributed by atoms with Crippen molar-refractivity contribution in [1.82, 2.24) is 15.1 Å². The highest BCUT2D eigenvalue weighted by atomic mass is 16.2. The molecule has 0 bridgehead atoms. The van der Waals surface area contributed by atoms with Crippen molar-refractivity contribution in [2.45, 2.75) is 32.2 Å². The van der Waals surface area contributed by atoms with E-state index in [1.807, 2.05) is 0 Å². The Hall–Kier alpha value is -0.610. The van der Waals surface area contributed by atoms with Crippen LogP contribution in [0.4, 0.5) is 0 Å². The molecule has 2 fully saturated rings. The first kappa shape index (κ1) is 12.8. The van der Waals surface area contributed by atoms with E-state index in [0.29, 0.717) is 5.91 Å². The first-order chi connectivity index (χ1) is 8.00. The molecule has 0 aromatic rings. The van der Waals surface area contributed by atoms with Crippen molar-refractivity contribution in [3.05, 3.63) is 0 Å². The number of carbonyl (C=O) groups excluding carboxylic acids is 1. The average molecular weight is 239 g/mol. The molecule has 2 saturated heterocycles. The smallest absolute Gasteiger partial charge is 0.227 e. The molecule has 98 valence electrons. The largest absolute Gasteiger partial charge is 0.339 e. The number of amides is 1. The molecule has 17 heavy (non-hydrogen) atoms. The molecule has 0 radical (unpaired) electrons. The van der Waals surface area contributed by atoms with Crippen molar-refractivity contribution >= 4 is 5.91 Å². The topological polar surface area (TPSA) is 35.6 Å². The number of rotatable bonds is 1. The summed E-state index contributed by atoms with van der Waals surface area (Å²) in [7, 11) is 2.14. The maximum atomic E-state index is 12.4. The number of carbonyl (C=O) groups is 1. The van der Waals surface area contributed by atoms with Crippen LogP contribution in [0, 0.1) is 5.92 Å². The molecule has 1 atom stereocenters. The Bertz CT molecular complexity index is 284. The van der Waals surface area contributed by atoms with Crippen molar-refractivity contribution in [1.29, 1.82) is 0 Å². The molecule has 4 nitrogen and oxygen atoms in total. The fourth-order valence-electron chi connectivity index (χ4n) is 2.75. The second kappa shape index (κ2) is 4.94. The Morgan fingerprint density at radius 2 is 2.12 bits per heavy atom. The maximum absolute atomic E-state index is 12.4. The Balaban J connectivity index is 1.95. The van der Waals surface area contributed by atoms with Gasteiger partial charge in [0.2, 0.25) is 5.91 Å². The van der Waals surface area contributed by atoms with Crippen LogP contribution in [0.1, 0.15) is 26.7 Å². The van der Waals surface area contributed by atoms with Crippen molar-refractivity contribution in [3.8, 4) is 0 Å². The third kappa shape index (κ3) is 2.80. The van der Waals surface area contributed by atoms with Crippen LogP contribution in [-0.4, -0.2) is 61.0 Å². The minimum Gasteiger partial charge on any atom is -0.339 e. The van der Waals surface area contributed by atoms with Gasteiger partial charge in [-0.25, -0.2) is 0 Å². The lowest BCUT2D eigenvalue weighted by atomic mass is 9.94. The van der Waals surface area contributed by atoms with E-state index in [1.54, 1.807) is 0 Å². The predicted octanol–water partition coefficient (Wildman–Crippen LogP) is 0.539. The van der Waals surface area contributed by atoms with Crippen LogP contribution in [-0.2, 0) is 4.79 Å². The van der Waals surface area contributed by atoms with E-state index in [0.717, 1.165) is 45.6 Å². The van der Waals surface area contributed by atoms with Gasteiger partial charge in [0.05, 0.1) is 5.92 Å². The number of likely N-dealkylation sites (N-methyl/N-ethyl adjacent to an activating group) is 1. The number of piperidine rings is 1. The van der Waals surface area contributed by atoms with Gasteiger partial charge in [0.25, 0.3) is 0 Å². The molecule has 1 N–H and O–H groups in total. The fourth-order valence-corrected chi connectivity index (χ4v) is 2.75. The SMILES string of the molecule is CN1CCN(C(=O)[C@@H]2CCCNC2)CC1(C)C. The molecule has 0 aromatic heterocycles. The van der Waals surface area contributed by atoms with E-state index < -0.39 is 0 Å². The highest BCUT2D eigenvalue weighted by Gasteiger charge is 2.35. The summed E-state index contributed by atoms with van der Waals surface area (Å²) in [6, 6.07) is 0. The third-order valence-corrected chi connectivity index (χ3v) is 4.27. The summed E-state index contributed by atoms with van der Waals surface area (Å²) in [5.41, 5.74) is 0.107. The molecule has 4 heteroatoms. The molecule has 2 aliphatic rings. The van der Waals surface area contributed by atoms with Crippen LogP contribution in [0.5, 0.6) is 0 Å². The molecule has 1 amide bonds. The summed E-state index contributed by atoms with van der Waals surface area (Å²) < 4.78 is 0. The zero-order valence-corrected chi connectivity index (χ0v) is 11.3. The molecular formula is C13H25N3O. The lowest BCUT2D eigenvalue weighted by Gasteiger charge is -2.46. The van der Waals surface area contributed by atoms with Gasteiger partial charge in [-0.1, -0.05) is 0 Å². The van der Waals surface area contributed by atoms with Gasteiger partial charge in [-0.15, -0.1) is 0 Å². The van der Waals surface area contributed by atoms with Gasteiger partial charge in [0.1, 0.15) is 0 Å². The summed E-state index contributed by atoms with van der Waals surface area (Å²) in [5.74, 6) is 0.571. The van der Waals surface area contributed by atoms with Gasteiger partial charge in [-0.05, 0) is 40.3 Å². The molecule has 0 spiro atoms. The zero-order valence-electron chi connectivity index (χ0n) is 11.3. The van der Waals surface area contributed by atoms with Gasteiger partial charge < -0.3 is 10.2 Å². The lowest BCUT2D eigenvalue weighted by molar-refractivity contribution is -0.140. The molecular weight excluding hydrogens is 214 g/mol. The summed E-state index contributed by atoms with van der Waals surface area (Å²) in [4.78, 5) is 16.8. The highest BCUT2D eigenvalue weighted by Crippen LogP contribution is 2.22. The van der Waals surface area contributed by atoms with Crippen LogP contribution in [0.15, 0.2) is 0 Å². The van der Waals surface area contributed by atoms with Gasteiger partial charge in [-0.2, -0.15) is 0 Å². The number of hydrogen-bond donors (Lipinski definition) is 1. The highest BCUT2D eigenvalue weighted by molar-refractivity contribution is 5.79. The van der Waals surface area contributed by atoms with Gasteiger partial charge in [-0.3, -0.25) is 9.69 Å². The second-order valence-corrected chi connectivity index (χ2v) is 6.04. The lowest BCUT2D eigenvalue weighted by Crippen LogP contribution is -2.60. The normalized spacial score (nSPS) is 30.3. The summed E-state index contributed by atoms with van der Waals surface area (Å²) >= 11 is 0. The Morgan fingerprint density at radius 1 is 1.35 bits per heavy atom. The molecule has 0 saturated carbocycles. The molecule has 0 aliphatic carbocycles. The van der Waals surface area contributed by atoms with E-state index in [2.05, 4.69) is 36.0 Å². The Kier molecular flexibility index (Phi) is 3.73. The monoisotopic (exact) mass is 239 g/mol. The number of hydrogen-bond acceptors (Lipinski definition) is 3. The van der Waals surface area contributed by atoms with E-state index >= 15 is 0 Å². The third-order valence-electron chi connectivity index (χ3n) is 4.27. The molecule has 0 aromatic carbocycles. The number of nitrogens with one attached hydrogen (secondary N) is 1. The summed E-state index contributed by atoms with van der Waals surface area (Å²) in [6.07, 6.45) is 2.19. The molecule has 2 rings (SSSR count). The first-order valence-electron chi connectivity index (χ1n) is 6.71. The molecule has 2 heterocycles. The van der Waals surface area contributed by atoms with E-state index in [-0.39, 0.29) is 11.5 Å². The average Bonchev–Trinajstić information content (AvgIpc) is 2.33. The van der Waals surface area contributed by atoms with Crippen molar-refractivity contribution in [2.75, 3.05) is 39.8 Å². The van der Waals surface area contributed by atoms with Gasteiger partial charge >= 0.3 is 0 Å². The summed E-state index contributed by atoms with van der Waals surface area (Å²) in [5, 5.41) is 3.33. The zero-order chi connectivity index (χ0) is 12.5. The van der Waals surface area contributed by atoms with Crippen LogP contribution < -0.4 is 5.32 Å². The van der Waals surface area contributed by atoms with Crippen LogP contribution in [0.3, 0.4) is 0 Å². The molecule has 0 unspecified atom stereocenters. The van der Waals surface area contributed by atoms with Crippen molar-refractivity contribution in [3.63, 3.8) is 0 Å². The van der Waals surface area contributed by atoms with Gasteiger partial charge in [0.15, 0.2) is 0 Å². The predicted molar refractivity (Wildman–Crippen MR) is 68.9 cm³/mol. The second-order valence-electron chi connectivity index (χ2n) is 6.04. The van der Waals surface area contributed by atoms with E-state index in [1.165, 1.54) is 0 Å². The standard InChI is InChI=1S/C13H25N3O/c1-13(2)10-16(8-7-15(13)3)12(17)11-5-4-6-14-9-11/h11,14H,4-10H2,1-3H3/t11-/m1/s1. The fraction of sp³-hybridized carbons (Fsp3) is 0.923. The van der Waals surface area contributed by atoms with E-state index in [9.17, 15) is 4.79 Å². The number of piperazine rings is 1.